The summed E-state index contributed by atoms with van der Waals surface area (Å²) in [6.45, 7) is 0. The summed E-state index contributed by atoms with van der Waals surface area (Å²) in [5.41, 5.74) is 22.5. The molecule has 2 heterocycles. The van der Waals surface area contributed by atoms with Crippen LogP contribution in [0.15, 0.2) is 296 Å². The monoisotopic (exact) mass is 956 g/mol. The lowest BCUT2D eigenvalue weighted by molar-refractivity contribution is 0.670. The third-order valence-corrected chi connectivity index (χ3v) is 14.8. The number of nitrogens with zero attached hydrogens (tertiary/aromatic N) is 2. The number of hydrogen-bond acceptors (Lipinski definition) is 2. The molecule has 0 aliphatic heterocycles. The normalized spacial score (nSPS) is 11.5. The van der Waals surface area contributed by atoms with Crippen LogP contribution in [0.1, 0.15) is 0 Å². The Hall–Kier alpha value is -9.96. The van der Waals surface area contributed by atoms with Gasteiger partial charge in [0, 0.05) is 49.7 Å². The van der Waals surface area contributed by atoms with Gasteiger partial charge in [-0.1, -0.05) is 224 Å². The minimum absolute atomic E-state index is 0.903. The Morgan fingerprint density at radius 3 is 1.33 bits per heavy atom. The summed E-state index contributed by atoms with van der Waals surface area (Å²) in [6, 6.07) is 105. The lowest BCUT2D eigenvalue weighted by Crippen LogP contribution is -2.10. The molecule has 12 aromatic carbocycles. The van der Waals surface area contributed by atoms with Crippen LogP contribution >= 0.6 is 0 Å². The van der Waals surface area contributed by atoms with Gasteiger partial charge in [-0.3, -0.25) is 0 Å². The maximum Gasteiger partial charge on any atom is 0.143 e. The maximum absolute atomic E-state index is 6.45. The molecule has 0 saturated carbocycles. The number of fused-ring (bicyclic) bond motifs is 6. The second kappa shape index (κ2) is 18.6. The molecule has 0 aliphatic rings. The van der Waals surface area contributed by atoms with E-state index in [1.807, 2.05) is 12.1 Å². The molecule has 0 N–H and O–H groups in total. The predicted octanol–water partition coefficient (Wildman–Crippen LogP) is 20.2. The van der Waals surface area contributed by atoms with E-state index in [-0.39, 0.29) is 0 Å². The Morgan fingerprint density at radius 2 is 0.680 bits per heavy atom. The largest absolute Gasteiger partial charge is 0.455 e. The zero-order valence-electron chi connectivity index (χ0n) is 41.0. The highest BCUT2D eigenvalue weighted by molar-refractivity contribution is 6.11. The van der Waals surface area contributed by atoms with Crippen molar-refractivity contribution < 1.29 is 4.42 Å². The van der Waals surface area contributed by atoms with Crippen LogP contribution in [0.2, 0.25) is 0 Å². The number of para-hydroxylation sites is 5. The summed E-state index contributed by atoms with van der Waals surface area (Å²) >= 11 is 0. The van der Waals surface area contributed by atoms with Gasteiger partial charge < -0.3 is 13.9 Å². The standard InChI is InChI=1S/C72H48N2O/c1-2-15-49(16-3-1)50-31-33-53(34-32-50)57-18-13-20-61(48-57)73(60-45-41-54(42-46-60)56-17-12-19-58(47-56)63-25-14-26-67-66-24-7-11-30-71(66)75-72(63)67)59-43-39-52(40-44-59)51-35-37-55(38-36-51)62-21-4-8-27-68(62)74-69-28-9-5-22-64(69)65-23-6-10-29-70(65)74/h1-48H. The van der Waals surface area contributed by atoms with Gasteiger partial charge in [-0.05, 0) is 122 Å². The van der Waals surface area contributed by atoms with Crippen molar-refractivity contribution in [1.29, 1.82) is 0 Å². The minimum Gasteiger partial charge on any atom is -0.455 e. The summed E-state index contributed by atoms with van der Waals surface area (Å²) in [5.74, 6) is 0. The third-order valence-electron chi connectivity index (χ3n) is 14.8. The number of furan rings is 1. The molecule has 0 fully saturated rings. The molecule has 0 atom stereocenters. The quantitative estimate of drug-likeness (QED) is 0.136. The second-order valence-electron chi connectivity index (χ2n) is 19.2. The molecule has 0 unspecified atom stereocenters. The van der Waals surface area contributed by atoms with Crippen LogP contribution in [0.5, 0.6) is 0 Å². The van der Waals surface area contributed by atoms with Gasteiger partial charge in [0.15, 0.2) is 0 Å². The SMILES string of the molecule is c1ccc(-c2ccc(-c3cccc(N(c4ccc(-c5ccc(-c6ccccc6-n6c7ccccc7c7ccccc76)cc5)cc4)c4ccc(-c5cccc(-c6cccc7c6oc6ccccc67)c5)cc4)c3)cc2)cc1. The smallest absolute Gasteiger partial charge is 0.143 e. The van der Waals surface area contributed by atoms with Crippen molar-refractivity contribution in [1.82, 2.24) is 4.57 Å². The number of hydrogen-bond donors (Lipinski definition) is 0. The Morgan fingerprint density at radius 1 is 0.253 bits per heavy atom. The second-order valence-corrected chi connectivity index (χ2v) is 19.2. The number of rotatable bonds is 10. The topological polar surface area (TPSA) is 21.3 Å². The average Bonchev–Trinajstić information content (AvgIpc) is 4.05. The summed E-state index contributed by atoms with van der Waals surface area (Å²) in [4.78, 5) is 2.36. The van der Waals surface area contributed by atoms with Gasteiger partial charge in [-0.15, -0.1) is 0 Å². The summed E-state index contributed by atoms with van der Waals surface area (Å²) in [6.07, 6.45) is 0. The predicted molar refractivity (Wildman–Crippen MR) is 315 cm³/mol. The molecule has 75 heavy (non-hydrogen) atoms. The van der Waals surface area contributed by atoms with E-state index in [9.17, 15) is 0 Å². The van der Waals surface area contributed by atoms with Gasteiger partial charge in [0.1, 0.15) is 11.2 Å². The van der Waals surface area contributed by atoms with Crippen molar-refractivity contribution in [2.75, 3.05) is 4.90 Å². The van der Waals surface area contributed by atoms with E-state index < -0.39 is 0 Å². The molecule has 3 nitrogen and oxygen atoms in total. The fourth-order valence-corrected chi connectivity index (χ4v) is 11.1. The number of anilines is 3. The van der Waals surface area contributed by atoms with Crippen LogP contribution in [0, 0.1) is 0 Å². The fourth-order valence-electron chi connectivity index (χ4n) is 11.1. The Bertz CT molecular complexity index is 4320. The zero-order valence-corrected chi connectivity index (χ0v) is 41.0. The molecule has 14 rings (SSSR count). The third kappa shape index (κ3) is 7.95. The van der Waals surface area contributed by atoms with Crippen LogP contribution in [0.4, 0.5) is 17.1 Å². The molecular weight excluding hydrogens is 909 g/mol. The van der Waals surface area contributed by atoms with E-state index in [4.69, 9.17) is 4.42 Å². The van der Waals surface area contributed by atoms with Crippen LogP contribution in [-0.2, 0) is 0 Å². The van der Waals surface area contributed by atoms with Crippen LogP contribution in [-0.4, -0.2) is 4.57 Å². The molecule has 0 aliphatic carbocycles. The molecule has 352 valence electrons. The van der Waals surface area contributed by atoms with Crippen molar-refractivity contribution in [2.45, 2.75) is 0 Å². The summed E-state index contributed by atoms with van der Waals surface area (Å²) in [7, 11) is 0. The van der Waals surface area contributed by atoms with Gasteiger partial charge in [-0.25, -0.2) is 0 Å². The molecule has 0 radical (unpaired) electrons. The first-order valence-corrected chi connectivity index (χ1v) is 25.6. The fraction of sp³-hybridized carbons (Fsp3) is 0. The Labute approximate surface area is 436 Å². The molecule has 2 aromatic heterocycles. The lowest BCUT2D eigenvalue weighted by atomic mass is 9.97. The van der Waals surface area contributed by atoms with E-state index in [1.165, 1.54) is 55.3 Å². The van der Waals surface area contributed by atoms with Crippen molar-refractivity contribution in [3.63, 3.8) is 0 Å². The van der Waals surface area contributed by atoms with Gasteiger partial charge in [0.05, 0.1) is 16.7 Å². The van der Waals surface area contributed by atoms with Crippen molar-refractivity contribution in [3.05, 3.63) is 291 Å². The molecular formula is C72H48N2O. The van der Waals surface area contributed by atoms with E-state index >= 15 is 0 Å². The Kier molecular flexibility index (Phi) is 10.8. The zero-order chi connectivity index (χ0) is 49.7. The molecule has 0 spiro atoms. The van der Waals surface area contributed by atoms with Gasteiger partial charge in [0.2, 0.25) is 0 Å². The number of aromatic nitrogens is 1. The highest BCUT2D eigenvalue weighted by Crippen LogP contribution is 2.42. The van der Waals surface area contributed by atoms with Crippen LogP contribution in [0.25, 0.3) is 116 Å². The van der Waals surface area contributed by atoms with Crippen LogP contribution < -0.4 is 4.90 Å². The van der Waals surface area contributed by atoms with Gasteiger partial charge >= 0.3 is 0 Å². The van der Waals surface area contributed by atoms with E-state index in [0.29, 0.717) is 0 Å². The van der Waals surface area contributed by atoms with Crippen LogP contribution in [0.3, 0.4) is 0 Å². The van der Waals surface area contributed by atoms with Gasteiger partial charge in [0.25, 0.3) is 0 Å². The van der Waals surface area contributed by atoms with Crippen molar-refractivity contribution in [3.8, 4) is 72.4 Å². The average molecular weight is 957 g/mol. The first-order chi connectivity index (χ1) is 37.2. The highest BCUT2D eigenvalue weighted by Gasteiger charge is 2.18. The molecule has 0 saturated heterocycles. The first kappa shape index (κ1) is 43.8. The summed E-state index contributed by atoms with van der Waals surface area (Å²) in [5, 5.41) is 4.78. The maximum atomic E-state index is 6.45. The van der Waals surface area contributed by atoms with Crippen molar-refractivity contribution >= 4 is 60.8 Å². The summed E-state index contributed by atoms with van der Waals surface area (Å²) < 4.78 is 8.86. The molecule has 14 aromatic rings. The minimum atomic E-state index is 0.903. The molecule has 0 amide bonds. The number of benzene rings is 12. The molecule has 3 heteroatoms. The lowest BCUT2D eigenvalue weighted by Gasteiger charge is -2.26. The van der Waals surface area contributed by atoms with Gasteiger partial charge in [-0.2, -0.15) is 0 Å². The van der Waals surface area contributed by atoms with E-state index in [1.54, 1.807) is 0 Å². The van der Waals surface area contributed by atoms with Crippen molar-refractivity contribution in [2.24, 2.45) is 0 Å². The van der Waals surface area contributed by atoms with E-state index in [0.717, 1.165) is 77.9 Å². The Balaban J connectivity index is 0.800. The highest BCUT2D eigenvalue weighted by atomic mass is 16.3. The first-order valence-electron chi connectivity index (χ1n) is 25.6. The molecule has 0 bridgehead atoms. The van der Waals surface area contributed by atoms with E-state index in [2.05, 4.69) is 289 Å².